The molecule has 1 heterocycles. The lowest BCUT2D eigenvalue weighted by molar-refractivity contribution is 0.251. The van der Waals surface area contributed by atoms with Crippen LogP contribution in [-0.2, 0) is 16.6 Å². The summed E-state index contributed by atoms with van der Waals surface area (Å²) in [5.41, 5.74) is 1.05. The largest absolute Gasteiger partial charge is 0.496 e. The summed E-state index contributed by atoms with van der Waals surface area (Å²) in [6.07, 6.45) is 0. The van der Waals surface area contributed by atoms with Crippen LogP contribution in [0.2, 0.25) is 0 Å². The summed E-state index contributed by atoms with van der Waals surface area (Å²) in [5, 5.41) is 3.00. The molecule has 0 saturated carbocycles. The molecule has 26 heavy (non-hydrogen) atoms. The zero-order valence-corrected chi connectivity index (χ0v) is 16.5. The van der Waals surface area contributed by atoms with Crippen LogP contribution in [0, 0.1) is 0 Å². The van der Waals surface area contributed by atoms with E-state index in [0.29, 0.717) is 19.9 Å². The van der Waals surface area contributed by atoms with Crippen LogP contribution in [-0.4, -0.2) is 39.7 Å². The molecule has 0 amide bonds. The van der Waals surface area contributed by atoms with Crippen LogP contribution >= 0.6 is 15.9 Å². The van der Waals surface area contributed by atoms with Crippen molar-refractivity contribution in [2.45, 2.75) is 11.4 Å². The molecule has 1 aliphatic heterocycles. The highest BCUT2D eigenvalue weighted by Crippen LogP contribution is 2.19. The topological polar surface area (TPSA) is 83.0 Å². The molecule has 0 aliphatic carbocycles. The summed E-state index contributed by atoms with van der Waals surface area (Å²) < 4.78 is 33.4. The van der Waals surface area contributed by atoms with Gasteiger partial charge in [0.25, 0.3) is 10.0 Å². The second kappa shape index (κ2) is 8.07. The Balaban J connectivity index is 1.63. The minimum absolute atomic E-state index is 0.182. The lowest BCUT2D eigenvalue weighted by Gasteiger charge is -2.27. The molecule has 1 aliphatic rings. The second-order valence-electron chi connectivity index (χ2n) is 5.68. The van der Waals surface area contributed by atoms with Crippen molar-refractivity contribution in [3.63, 3.8) is 0 Å². The molecule has 0 atom stereocenters. The van der Waals surface area contributed by atoms with Crippen molar-refractivity contribution in [1.82, 2.24) is 14.9 Å². The van der Waals surface area contributed by atoms with Crippen LogP contribution in [0.25, 0.3) is 0 Å². The minimum atomic E-state index is -3.67. The quantitative estimate of drug-likeness (QED) is 0.746. The number of hydrogen-bond donors (Lipinski definition) is 2. The molecule has 0 fully saturated rings. The van der Waals surface area contributed by atoms with Gasteiger partial charge in [0, 0.05) is 16.6 Å². The van der Waals surface area contributed by atoms with E-state index in [0.717, 1.165) is 15.8 Å². The number of sulfonamides is 1. The maximum Gasteiger partial charge on any atom is 0.264 e. The van der Waals surface area contributed by atoms with Gasteiger partial charge in [-0.3, -0.25) is 4.90 Å². The van der Waals surface area contributed by atoms with Crippen molar-refractivity contribution in [2.75, 3.05) is 20.4 Å². The normalized spacial score (nSPS) is 15.1. The van der Waals surface area contributed by atoms with Gasteiger partial charge in [-0.1, -0.05) is 34.1 Å². The molecule has 0 radical (unpaired) electrons. The summed E-state index contributed by atoms with van der Waals surface area (Å²) in [6, 6.07) is 14.2. The second-order valence-corrected chi connectivity index (χ2v) is 8.28. The van der Waals surface area contributed by atoms with Crippen molar-refractivity contribution >= 4 is 31.9 Å². The first-order chi connectivity index (χ1) is 12.5. The molecular weight excluding hydrogens is 420 g/mol. The van der Waals surface area contributed by atoms with E-state index in [4.69, 9.17) is 4.74 Å². The van der Waals surface area contributed by atoms with Crippen LogP contribution in [0.3, 0.4) is 0 Å². The summed E-state index contributed by atoms with van der Waals surface area (Å²) in [6.45, 7) is 1.50. The number of nitrogens with zero attached hydrogens (tertiary/aromatic N) is 2. The molecule has 0 bridgehead atoms. The van der Waals surface area contributed by atoms with Gasteiger partial charge in [-0.2, -0.15) is 0 Å². The third-order valence-corrected chi connectivity index (χ3v) is 5.72. The SMILES string of the molecule is COc1ccccc1CN1CN=C(NS(=O)(=O)c2ccc(Br)cc2)NC1. The summed E-state index contributed by atoms with van der Waals surface area (Å²) in [5.74, 6) is 1.06. The highest BCUT2D eigenvalue weighted by atomic mass is 79.9. The Kier molecular flexibility index (Phi) is 5.80. The van der Waals surface area contributed by atoms with Crippen LogP contribution < -0.4 is 14.8 Å². The van der Waals surface area contributed by atoms with Gasteiger partial charge in [-0.25, -0.2) is 18.1 Å². The van der Waals surface area contributed by atoms with E-state index >= 15 is 0 Å². The number of guanidine groups is 1. The van der Waals surface area contributed by atoms with Gasteiger partial charge in [-0.15, -0.1) is 0 Å². The predicted molar refractivity (Wildman–Crippen MR) is 103 cm³/mol. The van der Waals surface area contributed by atoms with E-state index in [1.807, 2.05) is 29.2 Å². The summed E-state index contributed by atoms with van der Waals surface area (Å²) >= 11 is 3.29. The molecule has 138 valence electrons. The lowest BCUT2D eigenvalue weighted by Crippen LogP contribution is -2.49. The van der Waals surface area contributed by atoms with E-state index in [1.54, 1.807) is 19.2 Å². The monoisotopic (exact) mass is 438 g/mol. The number of hydrogen-bond acceptors (Lipinski definition) is 6. The number of halogens is 1. The first-order valence-corrected chi connectivity index (χ1v) is 10.2. The summed E-state index contributed by atoms with van der Waals surface area (Å²) in [4.78, 5) is 6.50. The van der Waals surface area contributed by atoms with E-state index in [2.05, 4.69) is 31.0 Å². The lowest BCUT2D eigenvalue weighted by atomic mass is 10.2. The molecule has 2 N–H and O–H groups in total. The Morgan fingerprint density at radius 3 is 2.62 bits per heavy atom. The smallest absolute Gasteiger partial charge is 0.264 e. The number of para-hydroxylation sites is 1. The number of rotatable bonds is 5. The molecule has 0 aromatic heterocycles. The van der Waals surface area contributed by atoms with Gasteiger partial charge in [0.05, 0.1) is 25.3 Å². The maximum atomic E-state index is 12.4. The van der Waals surface area contributed by atoms with Crippen molar-refractivity contribution < 1.29 is 13.2 Å². The van der Waals surface area contributed by atoms with Gasteiger partial charge < -0.3 is 10.1 Å². The standard InChI is InChI=1S/C17H19BrN4O3S/c1-25-16-5-3-2-4-13(16)10-22-11-19-17(20-12-22)21-26(23,24)15-8-6-14(18)7-9-15/h2-9H,10-12H2,1H3,(H2,19,20,21). The molecule has 0 saturated heterocycles. The number of aliphatic imine (C=N–C) groups is 1. The van der Waals surface area contributed by atoms with Gasteiger partial charge in [0.15, 0.2) is 0 Å². The third kappa shape index (κ3) is 4.54. The Hall–Kier alpha value is -2.10. The van der Waals surface area contributed by atoms with Crippen LogP contribution in [0.4, 0.5) is 0 Å². The molecule has 0 spiro atoms. The van der Waals surface area contributed by atoms with Crippen molar-refractivity contribution in [1.29, 1.82) is 0 Å². The van der Waals surface area contributed by atoms with Crippen molar-refractivity contribution in [2.24, 2.45) is 4.99 Å². The Labute approximate surface area is 161 Å². The van der Waals surface area contributed by atoms with Crippen LogP contribution in [0.15, 0.2) is 62.9 Å². The van der Waals surface area contributed by atoms with Gasteiger partial charge in [0.1, 0.15) is 5.75 Å². The zero-order chi connectivity index (χ0) is 18.6. The molecule has 2 aromatic rings. The van der Waals surface area contributed by atoms with Gasteiger partial charge >= 0.3 is 0 Å². The van der Waals surface area contributed by atoms with Crippen molar-refractivity contribution in [3.05, 3.63) is 58.6 Å². The average molecular weight is 439 g/mol. The number of ether oxygens (including phenoxy) is 1. The number of nitrogens with one attached hydrogen (secondary N) is 2. The fourth-order valence-electron chi connectivity index (χ4n) is 2.51. The molecule has 2 aromatic carbocycles. The molecule has 7 nitrogen and oxygen atoms in total. The molecular formula is C17H19BrN4O3S. The first kappa shape index (κ1) is 18.7. The van der Waals surface area contributed by atoms with E-state index in [-0.39, 0.29) is 10.9 Å². The minimum Gasteiger partial charge on any atom is -0.496 e. The first-order valence-electron chi connectivity index (χ1n) is 7.89. The van der Waals surface area contributed by atoms with Crippen LogP contribution in [0.1, 0.15) is 5.56 Å². The van der Waals surface area contributed by atoms with Gasteiger partial charge in [0.2, 0.25) is 5.96 Å². The van der Waals surface area contributed by atoms with E-state index in [9.17, 15) is 8.42 Å². The average Bonchev–Trinajstić information content (AvgIpc) is 2.64. The third-order valence-electron chi connectivity index (χ3n) is 3.84. The molecule has 0 unspecified atom stereocenters. The Morgan fingerprint density at radius 2 is 1.96 bits per heavy atom. The number of benzene rings is 2. The Bertz CT molecular complexity index is 900. The Morgan fingerprint density at radius 1 is 1.23 bits per heavy atom. The molecule has 9 heteroatoms. The number of methoxy groups -OCH3 is 1. The van der Waals surface area contributed by atoms with Crippen LogP contribution in [0.5, 0.6) is 5.75 Å². The maximum absolute atomic E-state index is 12.4. The zero-order valence-electron chi connectivity index (χ0n) is 14.1. The fraction of sp³-hybridized carbons (Fsp3) is 0.235. The highest BCUT2D eigenvalue weighted by Gasteiger charge is 2.20. The fourth-order valence-corrected chi connectivity index (χ4v) is 3.78. The van der Waals surface area contributed by atoms with Gasteiger partial charge in [-0.05, 0) is 30.3 Å². The predicted octanol–water partition coefficient (Wildman–Crippen LogP) is 2.11. The van der Waals surface area contributed by atoms with Crippen molar-refractivity contribution in [3.8, 4) is 5.75 Å². The van der Waals surface area contributed by atoms with E-state index in [1.165, 1.54) is 12.1 Å². The highest BCUT2D eigenvalue weighted by molar-refractivity contribution is 9.10. The van der Waals surface area contributed by atoms with E-state index < -0.39 is 10.0 Å². The summed E-state index contributed by atoms with van der Waals surface area (Å²) in [7, 11) is -2.03. The molecule has 3 rings (SSSR count).